The van der Waals surface area contributed by atoms with Crippen molar-refractivity contribution in [3.05, 3.63) is 54.7 Å². The number of para-hydroxylation sites is 1. The van der Waals surface area contributed by atoms with Gasteiger partial charge in [-0.15, -0.1) is 0 Å². The fourth-order valence-electron chi connectivity index (χ4n) is 2.05. The molecule has 2 aromatic carbocycles. The van der Waals surface area contributed by atoms with Crippen LogP contribution in [0.5, 0.6) is 23.1 Å². The first-order chi connectivity index (χ1) is 11.2. The van der Waals surface area contributed by atoms with Gasteiger partial charge in [-0.05, 0) is 30.3 Å². The summed E-state index contributed by atoms with van der Waals surface area (Å²) < 4.78 is 14.9. The van der Waals surface area contributed by atoms with E-state index in [0.29, 0.717) is 22.3 Å². The third-order valence-corrected chi connectivity index (χ3v) is 3.13. The van der Waals surface area contributed by atoms with Crippen molar-refractivity contribution >= 4 is 16.9 Å². The minimum Gasteiger partial charge on any atom is -0.503 e. The van der Waals surface area contributed by atoms with Gasteiger partial charge in [0, 0.05) is 17.0 Å². The van der Waals surface area contributed by atoms with Gasteiger partial charge in [0.1, 0.15) is 11.5 Å². The van der Waals surface area contributed by atoms with Gasteiger partial charge in [0.25, 0.3) is 5.88 Å². The number of pyridine rings is 1. The van der Waals surface area contributed by atoms with E-state index in [1.807, 2.05) is 30.3 Å². The normalized spacial score (nSPS) is 10.3. The summed E-state index contributed by atoms with van der Waals surface area (Å²) in [6, 6.07) is 14.4. The lowest BCUT2D eigenvalue weighted by Gasteiger charge is -2.09. The van der Waals surface area contributed by atoms with Gasteiger partial charge in [-0.3, -0.25) is 0 Å². The summed E-state index contributed by atoms with van der Waals surface area (Å²) in [5.41, 5.74) is 0. The monoisotopic (exact) mass is 311 g/mol. The van der Waals surface area contributed by atoms with Crippen LogP contribution in [0.3, 0.4) is 0 Å². The minimum absolute atomic E-state index is 0.207. The predicted octanol–water partition coefficient (Wildman–Crippen LogP) is 3.88. The van der Waals surface area contributed by atoms with E-state index in [1.165, 1.54) is 13.3 Å². The zero-order chi connectivity index (χ0) is 16.2. The Labute approximate surface area is 131 Å². The summed E-state index contributed by atoms with van der Waals surface area (Å²) in [5, 5.41) is 11.3. The molecule has 6 heteroatoms. The smallest absolute Gasteiger partial charge is 0.503 e. The quantitative estimate of drug-likeness (QED) is 0.740. The topological polar surface area (TPSA) is 77.9 Å². The van der Waals surface area contributed by atoms with E-state index in [1.54, 1.807) is 18.2 Å². The third kappa shape index (κ3) is 3.16. The number of hydrogen-bond acceptors (Lipinski definition) is 6. The number of methoxy groups -OCH3 is 1. The fraction of sp³-hybridized carbons (Fsp3) is 0.0588. The number of benzene rings is 2. The molecule has 0 saturated carbocycles. The SMILES string of the molecule is COC(=O)Oc1ncc2cc(Oc3ccccc3)ccc2c1O. The summed E-state index contributed by atoms with van der Waals surface area (Å²) in [6.07, 6.45) is 0.529. The number of rotatable bonds is 3. The summed E-state index contributed by atoms with van der Waals surface area (Å²) in [7, 11) is 1.17. The van der Waals surface area contributed by atoms with Crippen molar-refractivity contribution in [1.82, 2.24) is 4.98 Å². The molecule has 116 valence electrons. The van der Waals surface area contributed by atoms with Crippen LogP contribution in [-0.2, 0) is 4.74 Å². The zero-order valence-corrected chi connectivity index (χ0v) is 12.2. The van der Waals surface area contributed by atoms with Crippen molar-refractivity contribution in [1.29, 1.82) is 0 Å². The maximum atomic E-state index is 11.1. The van der Waals surface area contributed by atoms with E-state index in [-0.39, 0.29) is 11.6 Å². The van der Waals surface area contributed by atoms with E-state index < -0.39 is 6.16 Å². The molecule has 3 rings (SSSR count). The predicted molar refractivity (Wildman–Crippen MR) is 83.0 cm³/mol. The number of aromatic nitrogens is 1. The van der Waals surface area contributed by atoms with Crippen LogP contribution in [0.25, 0.3) is 10.8 Å². The first-order valence-electron chi connectivity index (χ1n) is 6.78. The van der Waals surface area contributed by atoms with E-state index in [4.69, 9.17) is 9.47 Å². The van der Waals surface area contributed by atoms with Gasteiger partial charge in [0.05, 0.1) is 7.11 Å². The van der Waals surface area contributed by atoms with Crippen LogP contribution in [0.4, 0.5) is 4.79 Å². The first-order valence-corrected chi connectivity index (χ1v) is 6.78. The van der Waals surface area contributed by atoms with Crippen LogP contribution < -0.4 is 9.47 Å². The van der Waals surface area contributed by atoms with Crippen LogP contribution in [0.15, 0.2) is 54.7 Å². The Balaban J connectivity index is 1.92. The van der Waals surface area contributed by atoms with Crippen LogP contribution in [0, 0.1) is 0 Å². The molecule has 0 fully saturated rings. The number of nitrogens with zero attached hydrogens (tertiary/aromatic N) is 1. The van der Waals surface area contributed by atoms with Gasteiger partial charge >= 0.3 is 6.16 Å². The lowest BCUT2D eigenvalue weighted by Crippen LogP contribution is -2.08. The van der Waals surface area contributed by atoms with Crippen molar-refractivity contribution in [2.45, 2.75) is 0 Å². The molecule has 0 bridgehead atoms. The Bertz CT molecular complexity index is 848. The molecule has 0 unspecified atom stereocenters. The Morgan fingerprint density at radius 3 is 2.61 bits per heavy atom. The second-order valence-electron chi connectivity index (χ2n) is 4.63. The van der Waals surface area contributed by atoms with Crippen LogP contribution in [-0.4, -0.2) is 23.4 Å². The maximum Gasteiger partial charge on any atom is 0.515 e. The van der Waals surface area contributed by atoms with Crippen molar-refractivity contribution in [3.63, 3.8) is 0 Å². The molecule has 0 aliphatic carbocycles. The molecule has 0 aliphatic heterocycles. The van der Waals surface area contributed by atoms with Crippen molar-refractivity contribution in [2.24, 2.45) is 0 Å². The fourth-order valence-corrected chi connectivity index (χ4v) is 2.05. The number of carbonyl (C=O) groups excluding carboxylic acids is 1. The summed E-state index contributed by atoms with van der Waals surface area (Å²) in [4.78, 5) is 15.0. The Kier molecular flexibility index (Phi) is 3.97. The zero-order valence-electron chi connectivity index (χ0n) is 12.2. The second kappa shape index (κ2) is 6.23. The maximum absolute atomic E-state index is 11.1. The summed E-state index contributed by atoms with van der Waals surface area (Å²) in [5.74, 6) is 0.862. The lowest BCUT2D eigenvalue weighted by atomic mass is 10.1. The Hall–Kier alpha value is -3.28. The first kappa shape index (κ1) is 14.6. The number of ether oxygens (including phenoxy) is 3. The number of fused-ring (bicyclic) bond motifs is 1. The summed E-state index contributed by atoms with van der Waals surface area (Å²) >= 11 is 0. The standard InChI is InChI=1S/C17H13NO5/c1-21-17(20)23-16-15(19)14-8-7-13(9-11(14)10-18-16)22-12-5-3-2-4-6-12/h2-10,19H,1H3. The van der Waals surface area contributed by atoms with Gasteiger partial charge in [-0.2, -0.15) is 0 Å². The highest BCUT2D eigenvalue weighted by Gasteiger charge is 2.14. The molecule has 0 atom stereocenters. The van der Waals surface area contributed by atoms with Gasteiger partial charge < -0.3 is 19.3 Å². The molecule has 0 amide bonds. The van der Waals surface area contributed by atoms with Crippen molar-refractivity contribution < 1.29 is 24.1 Å². The van der Waals surface area contributed by atoms with Gasteiger partial charge in [0.15, 0.2) is 5.75 Å². The van der Waals surface area contributed by atoms with Crippen molar-refractivity contribution in [2.75, 3.05) is 7.11 Å². The van der Waals surface area contributed by atoms with Crippen LogP contribution in [0.2, 0.25) is 0 Å². The molecule has 1 N–H and O–H groups in total. The molecule has 0 spiro atoms. The van der Waals surface area contributed by atoms with Gasteiger partial charge in [0.2, 0.25) is 0 Å². The highest BCUT2D eigenvalue weighted by Crippen LogP contribution is 2.35. The molecule has 0 saturated heterocycles. The highest BCUT2D eigenvalue weighted by molar-refractivity contribution is 5.90. The number of aromatic hydroxyl groups is 1. The van der Waals surface area contributed by atoms with Crippen LogP contribution >= 0.6 is 0 Å². The van der Waals surface area contributed by atoms with E-state index in [0.717, 1.165) is 0 Å². The van der Waals surface area contributed by atoms with E-state index in [9.17, 15) is 9.90 Å². The molecule has 0 radical (unpaired) electrons. The Morgan fingerprint density at radius 2 is 1.87 bits per heavy atom. The highest BCUT2D eigenvalue weighted by atomic mass is 16.7. The molecular formula is C17H13NO5. The lowest BCUT2D eigenvalue weighted by molar-refractivity contribution is 0.118. The minimum atomic E-state index is -0.948. The van der Waals surface area contributed by atoms with Crippen LogP contribution in [0.1, 0.15) is 0 Å². The Morgan fingerprint density at radius 1 is 1.09 bits per heavy atom. The molecule has 1 aromatic heterocycles. The third-order valence-electron chi connectivity index (χ3n) is 3.13. The summed E-state index contributed by atoms with van der Waals surface area (Å²) in [6.45, 7) is 0. The number of carbonyl (C=O) groups is 1. The largest absolute Gasteiger partial charge is 0.515 e. The average molecular weight is 311 g/mol. The van der Waals surface area contributed by atoms with E-state index >= 15 is 0 Å². The van der Waals surface area contributed by atoms with Crippen molar-refractivity contribution in [3.8, 4) is 23.1 Å². The molecule has 0 aliphatic rings. The number of hydrogen-bond donors (Lipinski definition) is 1. The molecule has 23 heavy (non-hydrogen) atoms. The van der Waals surface area contributed by atoms with Gasteiger partial charge in [-0.1, -0.05) is 18.2 Å². The van der Waals surface area contributed by atoms with Gasteiger partial charge in [-0.25, -0.2) is 9.78 Å². The molecule has 3 aromatic rings. The second-order valence-corrected chi connectivity index (χ2v) is 4.63. The average Bonchev–Trinajstić information content (AvgIpc) is 2.58. The molecular weight excluding hydrogens is 298 g/mol. The molecule has 1 heterocycles. The van der Waals surface area contributed by atoms with E-state index in [2.05, 4.69) is 9.72 Å². The molecule has 6 nitrogen and oxygen atoms in total.